The number of methoxy groups -OCH3 is 1. The predicted octanol–water partition coefficient (Wildman–Crippen LogP) is 2.29. The van der Waals surface area contributed by atoms with E-state index in [2.05, 4.69) is 0 Å². The Hall–Kier alpha value is -2.17. The van der Waals surface area contributed by atoms with E-state index in [1.807, 2.05) is 13.8 Å². The summed E-state index contributed by atoms with van der Waals surface area (Å²) in [5, 5.41) is 10.2. The molecule has 1 aromatic carbocycles. The van der Waals surface area contributed by atoms with Crippen molar-refractivity contribution >= 4 is 11.0 Å². The molecule has 2 aromatic rings. The Morgan fingerprint density at radius 3 is 2.61 bits per heavy atom. The SMILES string of the molecule is COc1c(OC(C)C)c2c(O)cccc2oc1=O. The summed E-state index contributed by atoms with van der Waals surface area (Å²) < 4.78 is 15.6. The summed E-state index contributed by atoms with van der Waals surface area (Å²) in [4.78, 5) is 11.7. The molecule has 0 spiro atoms. The molecule has 0 aliphatic rings. The fourth-order valence-electron chi connectivity index (χ4n) is 1.71. The Labute approximate surface area is 104 Å². The van der Waals surface area contributed by atoms with Crippen molar-refractivity contribution in [3.63, 3.8) is 0 Å². The number of ether oxygens (including phenoxy) is 2. The van der Waals surface area contributed by atoms with Crippen molar-refractivity contribution in [2.45, 2.75) is 20.0 Å². The van der Waals surface area contributed by atoms with E-state index in [-0.39, 0.29) is 28.9 Å². The highest BCUT2D eigenvalue weighted by Crippen LogP contribution is 2.38. The van der Waals surface area contributed by atoms with Crippen LogP contribution in [0, 0.1) is 0 Å². The van der Waals surface area contributed by atoms with Gasteiger partial charge in [0, 0.05) is 0 Å². The number of fused-ring (bicyclic) bond motifs is 1. The molecule has 0 saturated heterocycles. The highest BCUT2D eigenvalue weighted by molar-refractivity contribution is 5.91. The second kappa shape index (κ2) is 4.60. The van der Waals surface area contributed by atoms with Gasteiger partial charge in [0.25, 0.3) is 0 Å². The lowest BCUT2D eigenvalue weighted by molar-refractivity contribution is 0.228. The lowest BCUT2D eigenvalue weighted by Gasteiger charge is -2.14. The van der Waals surface area contributed by atoms with Gasteiger partial charge in [0.05, 0.1) is 13.2 Å². The van der Waals surface area contributed by atoms with Gasteiger partial charge in [-0.15, -0.1) is 0 Å². The average Bonchev–Trinajstić information content (AvgIpc) is 2.28. The molecule has 0 aliphatic heterocycles. The van der Waals surface area contributed by atoms with Crippen LogP contribution >= 0.6 is 0 Å². The van der Waals surface area contributed by atoms with Gasteiger partial charge in [0.1, 0.15) is 16.7 Å². The summed E-state index contributed by atoms with van der Waals surface area (Å²) in [7, 11) is 1.35. The molecule has 0 bridgehead atoms. The van der Waals surface area contributed by atoms with Gasteiger partial charge in [0.2, 0.25) is 5.75 Å². The third-order valence-electron chi connectivity index (χ3n) is 2.38. The number of benzene rings is 1. The van der Waals surface area contributed by atoms with Gasteiger partial charge in [-0.2, -0.15) is 0 Å². The number of hydrogen-bond acceptors (Lipinski definition) is 5. The van der Waals surface area contributed by atoms with E-state index in [1.165, 1.54) is 13.2 Å². The van der Waals surface area contributed by atoms with Crippen LogP contribution in [0.5, 0.6) is 17.2 Å². The van der Waals surface area contributed by atoms with Gasteiger partial charge in [-0.3, -0.25) is 0 Å². The van der Waals surface area contributed by atoms with E-state index < -0.39 is 5.63 Å². The van der Waals surface area contributed by atoms with Gasteiger partial charge >= 0.3 is 5.63 Å². The van der Waals surface area contributed by atoms with Gasteiger partial charge in [0.15, 0.2) is 5.75 Å². The van der Waals surface area contributed by atoms with Crippen LogP contribution in [0.15, 0.2) is 27.4 Å². The van der Waals surface area contributed by atoms with E-state index in [4.69, 9.17) is 13.9 Å². The highest BCUT2D eigenvalue weighted by Gasteiger charge is 2.20. The van der Waals surface area contributed by atoms with Gasteiger partial charge < -0.3 is 19.0 Å². The third-order valence-corrected chi connectivity index (χ3v) is 2.38. The lowest BCUT2D eigenvalue weighted by Crippen LogP contribution is -2.12. The predicted molar refractivity (Wildman–Crippen MR) is 66.5 cm³/mol. The zero-order valence-electron chi connectivity index (χ0n) is 10.4. The molecular formula is C13H14O5. The van der Waals surface area contributed by atoms with Crippen LogP contribution in [0.4, 0.5) is 0 Å². The van der Waals surface area contributed by atoms with E-state index >= 15 is 0 Å². The normalized spacial score (nSPS) is 10.9. The van der Waals surface area contributed by atoms with Crippen molar-refractivity contribution in [3.8, 4) is 17.2 Å². The largest absolute Gasteiger partial charge is 0.507 e. The van der Waals surface area contributed by atoms with Gasteiger partial charge in [-0.25, -0.2) is 4.79 Å². The van der Waals surface area contributed by atoms with Crippen molar-refractivity contribution in [3.05, 3.63) is 28.6 Å². The van der Waals surface area contributed by atoms with Crippen molar-refractivity contribution in [1.82, 2.24) is 0 Å². The maximum atomic E-state index is 11.7. The molecule has 0 radical (unpaired) electrons. The molecule has 0 amide bonds. The Bertz CT molecular complexity index is 627. The quantitative estimate of drug-likeness (QED) is 0.846. The van der Waals surface area contributed by atoms with E-state index in [1.54, 1.807) is 12.1 Å². The molecule has 5 heteroatoms. The molecule has 18 heavy (non-hydrogen) atoms. The van der Waals surface area contributed by atoms with Crippen molar-refractivity contribution in [2.24, 2.45) is 0 Å². The molecule has 1 aromatic heterocycles. The minimum absolute atomic E-state index is 0.0230. The number of phenols is 1. The number of rotatable bonds is 3. The van der Waals surface area contributed by atoms with Crippen molar-refractivity contribution in [1.29, 1.82) is 0 Å². The summed E-state index contributed by atoms with van der Waals surface area (Å²) in [6.45, 7) is 3.64. The molecule has 1 heterocycles. The smallest absolute Gasteiger partial charge is 0.383 e. The average molecular weight is 250 g/mol. The highest BCUT2D eigenvalue weighted by atomic mass is 16.5. The van der Waals surface area contributed by atoms with Crippen LogP contribution in [-0.4, -0.2) is 18.3 Å². The summed E-state index contributed by atoms with van der Waals surface area (Å²) in [5.74, 6) is 0.139. The standard InChI is InChI=1S/C13H14O5/c1-7(2)17-11-10-8(14)5-4-6-9(10)18-13(15)12(11)16-3/h4-7,14H,1-3H3. The number of phenolic OH excluding ortho intramolecular Hbond substituents is 1. The summed E-state index contributed by atoms with van der Waals surface area (Å²) >= 11 is 0. The molecule has 2 rings (SSSR count). The fraction of sp³-hybridized carbons (Fsp3) is 0.308. The van der Waals surface area contributed by atoms with E-state index in [9.17, 15) is 9.90 Å². The first-order valence-corrected chi connectivity index (χ1v) is 5.54. The maximum absolute atomic E-state index is 11.7. The zero-order valence-corrected chi connectivity index (χ0v) is 10.4. The Morgan fingerprint density at radius 1 is 1.28 bits per heavy atom. The third kappa shape index (κ3) is 1.99. The zero-order chi connectivity index (χ0) is 13.3. The minimum atomic E-state index is -0.633. The number of hydrogen-bond donors (Lipinski definition) is 1. The molecule has 0 fully saturated rings. The second-order valence-electron chi connectivity index (χ2n) is 4.07. The van der Waals surface area contributed by atoms with Crippen LogP contribution in [0.3, 0.4) is 0 Å². The summed E-state index contributed by atoms with van der Waals surface area (Å²) in [5.41, 5.74) is -0.372. The van der Waals surface area contributed by atoms with Crippen LogP contribution in [0.1, 0.15) is 13.8 Å². The Balaban J connectivity index is 2.86. The second-order valence-corrected chi connectivity index (χ2v) is 4.07. The van der Waals surface area contributed by atoms with Crippen LogP contribution in [0.25, 0.3) is 11.0 Å². The molecular weight excluding hydrogens is 236 g/mol. The molecule has 96 valence electrons. The monoisotopic (exact) mass is 250 g/mol. The lowest BCUT2D eigenvalue weighted by atomic mass is 10.2. The Kier molecular flexibility index (Phi) is 3.14. The first-order chi connectivity index (χ1) is 8.54. The fourth-order valence-corrected chi connectivity index (χ4v) is 1.71. The van der Waals surface area contributed by atoms with Crippen LogP contribution in [-0.2, 0) is 0 Å². The first-order valence-electron chi connectivity index (χ1n) is 5.54. The van der Waals surface area contributed by atoms with Crippen LogP contribution in [0.2, 0.25) is 0 Å². The minimum Gasteiger partial charge on any atom is -0.507 e. The summed E-state index contributed by atoms with van der Waals surface area (Å²) in [6.07, 6.45) is -0.163. The van der Waals surface area contributed by atoms with Crippen molar-refractivity contribution in [2.75, 3.05) is 7.11 Å². The van der Waals surface area contributed by atoms with Crippen LogP contribution < -0.4 is 15.1 Å². The van der Waals surface area contributed by atoms with Gasteiger partial charge in [-0.05, 0) is 26.0 Å². The maximum Gasteiger partial charge on any atom is 0.383 e. The van der Waals surface area contributed by atoms with Gasteiger partial charge in [-0.1, -0.05) is 6.07 Å². The molecule has 5 nitrogen and oxygen atoms in total. The summed E-state index contributed by atoms with van der Waals surface area (Å²) in [6, 6.07) is 4.67. The van der Waals surface area contributed by atoms with Crippen molar-refractivity contribution < 1.29 is 19.0 Å². The molecule has 0 aliphatic carbocycles. The molecule has 0 saturated carbocycles. The molecule has 0 atom stereocenters. The Morgan fingerprint density at radius 2 is 2.00 bits per heavy atom. The van der Waals surface area contributed by atoms with E-state index in [0.717, 1.165) is 0 Å². The molecule has 0 unspecified atom stereocenters. The van der Waals surface area contributed by atoms with E-state index in [0.29, 0.717) is 5.39 Å². The first kappa shape index (κ1) is 12.3. The number of aromatic hydroxyl groups is 1. The topological polar surface area (TPSA) is 68.9 Å². The molecule has 1 N–H and O–H groups in total.